The lowest BCUT2D eigenvalue weighted by molar-refractivity contribution is 0.141. The highest BCUT2D eigenvalue weighted by Crippen LogP contribution is 2.27. The van der Waals surface area contributed by atoms with E-state index in [9.17, 15) is 5.11 Å². The fourth-order valence-electron chi connectivity index (χ4n) is 2.99. The van der Waals surface area contributed by atoms with Crippen LogP contribution in [0.1, 0.15) is 63.0 Å². The highest BCUT2D eigenvalue weighted by Gasteiger charge is 2.18. The van der Waals surface area contributed by atoms with Crippen molar-refractivity contribution in [2.75, 3.05) is 0 Å². The standard InChI is InChI=1S/C17H26O/c1-13(2)16-9-7-14(8-10-16)11-15-5-3-4-6-17(18)12-15/h7-10,13,15,17-18H,3-6,11-12H2,1-2H3. The Labute approximate surface area is 111 Å². The zero-order chi connectivity index (χ0) is 13.0. The molecule has 18 heavy (non-hydrogen) atoms. The molecule has 2 rings (SSSR count). The van der Waals surface area contributed by atoms with Crippen molar-refractivity contribution in [3.05, 3.63) is 35.4 Å². The molecule has 1 N–H and O–H groups in total. The number of aliphatic hydroxyl groups excluding tert-OH is 1. The van der Waals surface area contributed by atoms with Gasteiger partial charge in [0, 0.05) is 0 Å². The molecule has 100 valence electrons. The third kappa shape index (κ3) is 3.84. The van der Waals surface area contributed by atoms with Gasteiger partial charge in [-0.1, -0.05) is 57.4 Å². The molecule has 1 aliphatic carbocycles. The topological polar surface area (TPSA) is 20.2 Å². The fraction of sp³-hybridized carbons (Fsp3) is 0.647. The van der Waals surface area contributed by atoms with Crippen LogP contribution in [0.15, 0.2) is 24.3 Å². The van der Waals surface area contributed by atoms with E-state index in [1.807, 2.05) is 0 Å². The van der Waals surface area contributed by atoms with E-state index in [0.717, 1.165) is 19.3 Å². The molecule has 2 atom stereocenters. The first-order valence-corrected chi connectivity index (χ1v) is 7.42. The summed E-state index contributed by atoms with van der Waals surface area (Å²) in [6, 6.07) is 9.06. The van der Waals surface area contributed by atoms with Gasteiger partial charge in [-0.05, 0) is 42.2 Å². The van der Waals surface area contributed by atoms with Gasteiger partial charge in [0.15, 0.2) is 0 Å². The summed E-state index contributed by atoms with van der Waals surface area (Å²) in [6.07, 6.45) is 6.83. The Hall–Kier alpha value is -0.820. The third-order valence-corrected chi connectivity index (χ3v) is 4.18. The molecule has 0 heterocycles. The van der Waals surface area contributed by atoms with Crippen molar-refractivity contribution >= 4 is 0 Å². The van der Waals surface area contributed by atoms with Crippen molar-refractivity contribution < 1.29 is 5.11 Å². The maximum atomic E-state index is 9.85. The van der Waals surface area contributed by atoms with E-state index >= 15 is 0 Å². The summed E-state index contributed by atoms with van der Waals surface area (Å²) in [7, 11) is 0. The Balaban J connectivity index is 1.95. The largest absolute Gasteiger partial charge is 0.393 e. The van der Waals surface area contributed by atoms with Crippen molar-refractivity contribution in [2.45, 2.75) is 64.4 Å². The Morgan fingerprint density at radius 1 is 1.11 bits per heavy atom. The fourth-order valence-corrected chi connectivity index (χ4v) is 2.99. The van der Waals surface area contributed by atoms with Crippen molar-refractivity contribution in [1.82, 2.24) is 0 Å². The van der Waals surface area contributed by atoms with E-state index in [2.05, 4.69) is 38.1 Å². The van der Waals surface area contributed by atoms with Crippen LogP contribution in [0.5, 0.6) is 0 Å². The molecule has 1 aromatic rings. The monoisotopic (exact) mass is 246 g/mol. The quantitative estimate of drug-likeness (QED) is 0.789. The minimum absolute atomic E-state index is 0.0626. The lowest BCUT2D eigenvalue weighted by Gasteiger charge is -2.17. The molecule has 1 heteroatoms. The Morgan fingerprint density at radius 2 is 1.78 bits per heavy atom. The van der Waals surface area contributed by atoms with Crippen LogP contribution in [0, 0.1) is 5.92 Å². The van der Waals surface area contributed by atoms with Crippen LogP contribution in [0.2, 0.25) is 0 Å². The van der Waals surface area contributed by atoms with Gasteiger partial charge in [-0.3, -0.25) is 0 Å². The van der Waals surface area contributed by atoms with Gasteiger partial charge in [0.2, 0.25) is 0 Å². The van der Waals surface area contributed by atoms with E-state index in [0.29, 0.717) is 11.8 Å². The second-order valence-electron chi connectivity index (χ2n) is 6.14. The molecular formula is C17H26O. The summed E-state index contributed by atoms with van der Waals surface area (Å²) >= 11 is 0. The Kier molecular flexibility index (Phi) is 4.82. The maximum Gasteiger partial charge on any atom is 0.0543 e. The van der Waals surface area contributed by atoms with Crippen LogP contribution in [-0.4, -0.2) is 11.2 Å². The molecular weight excluding hydrogens is 220 g/mol. The molecule has 0 aromatic heterocycles. The molecule has 0 saturated heterocycles. The summed E-state index contributed by atoms with van der Waals surface area (Å²) in [4.78, 5) is 0. The van der Waals surface area contributed by atoms with Crippen LogP contribution in [0.3, 0.4) is 0 Å². The third-order valence-electron chi connectivity index (χ3n) is 4.18. The van der Waals surface area contributed by atoms with Gasteiger partial charge in [0.1, 0.15) is 0 Å². The molecule has 1 saturated carbocycles. The number of hydrogen-bond acceptors (Lipinski definition) is 1. The normalized spacial score (nSPS) is 25.1. The zero-order valence-corrected chi connectivity index (χ0v) is 11.7. The van der Waals surface area contributed by atoms with E-state index in [-0.39, 0.29) is 6.10 Å². The predicted molar refractivity (Wildman–Crippen MR) is 76.8 cm³/mol. The molecule has 0 aliphatic heterocycles. The highest BCUT2D eigenvalue weighted by molar-refractivity contribution is 5.25. The smallest absolute Gasteiger partial charge is 0.0543 e. The van der Waals surface area contributed by atoms with Gasteiger partial charge in [-0.15, -0.1) is 0 Å². The molecule has 0 amide bonds. The number of hydrogen-bond donors (Lipinski definition) is 1. The predicted octanol–water partition coefficient (Wildman–Crippen LogP) is 4.29. The van der Waals surface area contributed by atoms with Gasteiger partial charge in [-0.2, -0.15) is 0 Å². The highest BCUT2D eigenvalue weighted by atomic mass is 16.3. The van der Waals surface area contributed by atoms with Gasteiger partial charge < -0.3 is 5.11 Å². The summed E-state index contributed by atoms with van der Waals surface area (Å²) in [5.74, 6) is 1.28. The first kappa shape index (κ1) is 13.6. The zero-order valence-electron chi connectivity index (χ0n) is 11.7. The van der Waals surface area contributed by atoms with Crippen LogP contribution in [-0.2, 0) is 6.42 Å². The summed E-state index contributed by atoms with van der Waals surface area (Å²) in [5.41, 5.74) is 2.85. The summed E-state index contributed by atoms with van der Waals surface area (Å²) in [5, 5.41) is 9.85. The lowest BCUT2D eigenvalue weighted by Crippen LogP contribution is -2.12. The number of rotatable bonds is 3. The Bertz CT molecular complexity index is 352. The average Bonchev–Trinajstić information content (AvgIpc) is 2.54. The first-order valence-electron chi connectivity index (χ1n) is 7.42. The molecule has 1 aromatic carbocycles. The van der Waals surface area contributed by atoms with E-state index < -0.39 is 0 Å². The van der Waals surface area contributed by atoms with Gasteiger partial charge in [-0.25, -0.2) is 0 Å². The van der Waals surface area contributed by atoms with Crippen molar-refractivity contribution in [3.63, 3.8) is 0 Å². The van der Waals surface area contributed by atoms with Crippen LogP contribution in [0.4, 0.5) is 0 Å². The molecule has 1 aliphatic rings. The van der Waals surface area contributed by atoms with Crippen molar-refractivity contribution in [3.8, 4) is 0 Å². The van der Waals surface area contributed by atoms with Gasteiger partial charge in [0.25, 0.3) is 0 Å². The summed E-state index contributed by atoms with van der Waals surface area (Å²) < 4.78 is 0. The second-order valence-corrected chi connectivity index (χ2v) is 6.14. The van der Waals surface area contributed by atoms with E-state index in [1.54, 1.807) is 0 Å². The lowest BCUT2D eigenvalue weighted by atomic mass is 9.91. The Morgan fingerprint density at radius 3 is 2.44 bits per heavy atom. The first-order chi connectivity index (χ1) is 8.65. The van der Waals surface area contributed by atoms with Crippen molar-refractivity contribution in [1.29, 1.82) is 0 Å². The minimum Gasteiger partial charge on any atom is -0.393 e. The maximum absolute atomic E-state index is 9.85. The molecule has 2 unspecified atom stereocenters. The van der Waals surface area contributed by atoms with Gasteiger partial charge >= 0.3 is 0 Å². The number of aliphatic hydroxyl groups is 1. The second kappa shape index (κ2) is 6.38. The minimum atomic E-state index is -0.0626. The van der Waals surface area contributed by atoms with E-state index in [1.165, 1.54) is 30.4 Å². The van der Waals surface area contributed by atoms with Crippen LogP contribution in [0.25, 0.3) is 0 Å². The van der Waals surface area contributed by atoms with Crippen LogP contribution < -0.4 is 0 Å². The SMILES string of the molecule is CC(C)c1ccc(CC2CCCCC(O)C2)cc1. The molecule has 0 radical (unpaired) electrons. The van der Waals surface area contributed by atoms with Gasteiger partial charge in [0.05, 0.1) is 6.10 Å². The number of benzene rings is 1. The molecule has 0 bridgehead atoms. The van der Waals surface area contributed by atoms with Crippen molar-refractivity contribution in [2.24, 2.45) is 5.92 Å². The summed E-state index contributed by atoms with van der Waals surface area (Å²) in [6.45, 7) is 4.47. The van der Waals surface area contributed by atoms with E-state index in [4.69, 9.17) is 0 Å². The molecule has 0 spiro atoms. The average molecular weight is 246 g/mol. The molecule has 1 nitrogen and oxygen atoms in total. The molecule has 1 fully saturated rings. The van der Waals surface area contributed by atoms with Crippen LogP contribution >= 0.6 is 0 Å².